The minimum atomic E-state index is -0.268. The first-order chi connectivity index (χ1) is 17.4. The molecule has 2 N–H and O–H groups in total. The Balaban J connectivity index is 2.28. The highest BCUT2D eigenvalue weighted by Crippen LogP contribution is 2.40. The van der Waals surface area contributed by atoms with Crippen molar-refractivity contribution in [3.05, 3.63) is 77.0 Å². The number of hydrogen-bond acceptors (Lipinski definition) is 4. The van der Waals surface area contributed by atoms with Gasteiger partial charge in [0.15, 0.2) is 0 Å². The quantitative estimate of drug-likeness (QED) is 0.214. The average molecular weight is 507 g/mol. The molecule has 0 bridgehead atoms. The Kier molecular flexibility index (Phi) is 11.4. The summed E-state index contributed by atoms with van der Waals surface area (Å²) in [6, 6.07) is 5.92. The van der Waals surface area contributed by atoms with Gasteiger partial charge in [-0.05, 0) is 92.9 Å². The maximum atomic E-state index is 13.5. The van der Waals surface area contributed by atoms with Crippen LogP contribution >= 0.6 is 0 Å². The number of nitrogens with zero attached hydrogens (tertiary/aromatic N) is 1. The van der Waals surface area contributed by atoms with Crippen LogP contribution in [0.1, 0.15) is 89.3 Å². The average Bonchev–Trinajstić information content (AvgIpc) is 2.85. The minimum absolute atomic E-state index is 0.0625. The Morgan fingerprint density at radius 2 is 1.92 bits per heavy atom. The van der Waals surface area contributed by atoms with Crippen molar-refractivity contribution in [2.24, 2.45) is 11.3 Å². The molecular formula is C33H50N2O2. The van der Waals surface area contributed by atoms with Crippen molar-refractivity contribution in [3.8, 4) is 0 Å². The van der Waals surface area contributed by atoms with E-state index in [0.29, 0.717) is 12.3 Å². The molecule has 1 aromatic carbocycles. The molecule has 4 nitrogen and oxygen atoms in total. The van der Waals surface area contributed by atoms with Crippen molar-refractivity contribution in [1.82, 2.24) is 10.2 Å². The van der Waals surface area contributed by atoms with Gasteiger partial charge in [-0.3, -0.25) is 4.79 Å². The number of nitrogens with one attached hydrogen (secondary N) is 1. The third-order valence-electron chi connectivity index (χ3n) is 8.06. The summed E-state index contributed by atoms with van der Waals surface area (Å²) >= 11 is 0. The Bertz CT molecular complexity index is 1020. The second-order valence-corrected chi connectivity index (χ2v) is 11.6. The third-order valence-corrected chi connectivity index (χ3v) is 8.06. The number of unbranched alkanes of at least 4 members (excludes halogenated alkanes) is 1. The van der Waals surface area contributed by atoms with E-state index in [-0.39, 0.29) is 22.9 Å². The number of benzene rings is 1. The number of piperidine rings is 1. The van der Waals surface area contributed by atoms with Gasteiger partial charge in [-0.2, -0.15) is 0 Å². The first kappa shape index (κ1) is 30.6. The number of aliphatic hydroxyl groups excluding tert-OH is 1. The highest BCUT2D eigenvalue weighted by atomic mass is 16.3. The molecule has 37 heavy (non-hydrogen) atoms. The lowest BCUT2D eigenvalue weighted by atomic mass is 9.69. The van der Waals surface area contributed by atoms with E-state index in [1.54, 1.807) is 0 Å². The lowest BCUT2D eigenvalue weighted by molar-refractivity contribution is -0.119. The molecule has 1 aliphatic rings. The minimum Gasteiger partial charge on any atom is -0.508 e. The predicted octanol–water partition coefficient (Wildman–Crippen LogP) is 7.59. The van der Waals surface area contributed by atoms with E-state index >= 15 is 0 Å². The summed E-state index contributed by atoms with van der Waals surface area (Å²) in [7, 11) is 4.07. The number of carbonyl (C=O) groups excluding carboxylic acids is 1. The molecular weight excluding hydrogens is 456 g/mol. The van der Waals surface area contributed by atoms with E-state index < -0.39 is 0 Å². The molecule has 0 saturated carbocycles. The van der Waals surface area contributed by atoms with Gasteiger partial charge in [-0.25, -0.2) is 0 Å². The van der Waals surface area contributed by atoms with Crippen LogP contribution in [-0.4, -0.2) is 43.0 Å². The number of carbonyl (C=O) groups is 1. The highest BCUT2D eigenvalue weighted by Gasteiger charge is 2.33. The number of rotatable bonds is 13. The zero-order valence-corrected chi connectivity index (χ0v) is 24.4. The van der Waals surface area contributed by atoms with Crippen LogP contribution in [0, 0.1) is 11.3 Å². The molecule has 1 aliphatic heterocycles. The van der Waals surface area contributed by atoms with Gasteiger partial charge in [-0.1, -0.05) is 71.1 Å². The summed E-state index contributed by atoms with van der Waals surface area (Å²) in [5.41, 5.74) is 5.85. The number of aliphatic hydroxyl groups is 1. The van der Waals surface area contributed by atoms with E-state index in [2.05, 4.69) is 70.3 Å². The fraction of sp³-hybridized carbons (Fsp3) is 0.545. The molecule has 1 fully saturated rings. The molecule has 1 heterocycles. The summed E-state index contributed by atoms with van der Waals surface area (Å²) in [4.78, 5) is 15.9. The van der Waals surface area contributed by atoms with Crippen LogP contribution in [0.25, 0.3) is 5.76 Å². The van der Waals surface area contributed by atoms with Crippen molar-refractivity contribution in [3.63, 3.8) is 0 Å². The molecule has 4 heteroatoms. The second-order valence-electron chi connectivity index (χ2n) is 11.6. The van der Waals surface area contributed by atoms with Crippen LogP contribution < -0.4 is 5.32 Å². The van der Waals surface area contributed by atoms with E-state index in [1.807, 2.05) is 32.2 Å². The van der Waals surface area contributed by atoms with Crippen LogP contribution in [0.15, 0.2) is 60.4 Å². The zero-order chi connectivity index (χ0) is 27.8. The topological polar surface area (TPSA) is 52.6 Å². The largest absolute Gasteiger partial charge is 0.508 e. The standard InChI is InChI=1S/C33H50N2O2/c1-10-11-12-23(2)19-31(34-8)24(3)20-32(37)25(4)30-14-13-27(26(5)36)21-28(30)22-33(6,7)29-15-17-35(9)18-16-29/h12-14,19,21,25,29,34,36H,3,5,10-11,15-18,20,22H2,1-2,4,6-9H3/b23-12-,31-19+. The van der Waals surface area contributed by atoms with Gasteiger partial charge in [0.1, 0.15) is 11.5 Å². The first-order valence-corrected chi connectivity index (χ1v) is 13.9. The Hall–Kier alpha value is -2.59. The molecule has 204 valence electrons. The smallest absolute Gasteiger partial charge is 0.144 e. The van der Waals surface area contributed by atoms with Crippen LogP contribution in [-0.2, 0) is 11.2 Å². The van der Waals surface area contributed by atoms with E-state index in [1.165, 1.54) is 18.4 Å². The van der Waals surface area contributed by atoms with Gasteiger partial charge < -0.3 is 15.3 Å². The molecule has 1 atom stereocenters. The van der Waals surface area contributed by atoms with Crippen LogP contribution in [0.5, 0.6) is 0 Å². The summed E-state index contributed by atoms with van der Waals surface area (Å²) in [6.45, 7) is 21.2. The SMILES string of the molecule is C=C(CC(=O)C(C)c1ccc(C(=C)O)cc1CC(C)(C)C1CCN(C)CC1)/C(=C\C(C)=C/CCC)NC. The van der Waals surface area contributed by atoms with Crippen LogP contribution in [0.3, 0.4) is 0 Å². The molecule has 0 spiro atoms. The van der Waals surface area contributed by atoms with Crippen LogP contribution in [0.4, 0.5) is 0 Å². The predicted molar refractivity (Wildman–Crippen MR) is 159 cm³/mol. The van der Waals surface area contributed by atoms with Gasteiger partial charge in [0.25, 0.3) is 0 Å². The maximum absolute atomic E-state index is 13.5. The number of likely N-dealkylation sites (tertiary alicyclic amines) is 1. The van der Waals surface area contributed by atoms with Crippen LogP contribution in [0.2, 0.25) is 0 Å². The fourth-order valence-electron chi connectivity index (χ4n) is 5.43. The van der Waals surface area contributed by atoms with Crippen molar-refractivity contribution in [2.75, 3.05) is 27.2 Å². The van der Waals surface area contributed by atoms with Crippen molar-refractivity contribution >= 4 is 11.5 Å². The molecule has 0 aliphatic carbocycles. The normalized spacial score (nSPS) is 16.9. The number of likely N-dealkylation sites (N-methyl/N-ethyl adjacent to an activating group) is 1. The van der Waals surface area contributed by atoms with Gasteiger partial charge in [-0.15, -0.1) is 0 Å². The monoisotopic (exact) mass is 506 g/mol. The number of hydrogen-bond donors (Lipinski definition) is 2. The molecule has 1 aromatic rings. The third kappa shape index (κ3) is 8.74. The van der Waals surface area contributed by atoms with Gasteiger partial charge >= 0.3 is 0 Å². The molecule has 2 rings (SSSR count). The van der Waals surface area contributed by atoms with E-state index in [9.17, 15) is 9.90 Å². The van der Waals surface area contributed by atoms with Gasteiger partial charge in [0.2, 0.25) is 0 Å². The molecule has 0 radical (unpaired) electrons. The summed E-state index contributed by atoms with van der Waals surface area (Å²) < 4.78 is 0. The maximum Gasteiger partial charge on any atom is 0.144 e. The van der Waals surface area contributed by atoms with Crippen molar-refractivity contribution < 1.29 is 9.90 Å². The molecule has 0 amide bonds. The summed E-state index contributed by atoms with van der Waals surface area (Å²) in [5, 5.41) is 13.3. The summed E-state index contributed by atoms with van der Waals surface area (Å²) in [5.74, 6) is 0.564. The lowest BCUT2D eigenvalue weighted by Gasteiger charge is -2.40. The summed E-state index contributed by atoms with van der Waals surface area (Å²) in [6.07, 6.45) is 9.96. The fourth-order valence-corrected chi connectivity index (χ4v) is 5.43. The number of allylic oxidation sites excluding steroid dienone is 4. The molecule has 0 aromatic heterocycles. The Labute approximate surface area is 226 Å². The lowest BCUT2D eigenvalue weighted by Crippen LogP contribution is -2.38. The van der Waals surface area contributed by atoms with Gasteiger partial charge in [0.05, 0.1) is 0 Å². The zero-order valence-electron chi connectivity index (χ0n) is 24.4. The van der Waals surface area contributed by atoms with E-state index in [0.717, 1.165) is 60.3 Å². The Morgan fingerprint density at radius 3 is 2.49 bits per heavy atom. The number of ketones is 1. The number of Topliss-reactive ketones (excluding diaryl/α,β-unsaturated/α-hetero) is 1. The first-order valence-electron chi connectivity index (χ1n) is 13.9. The molecule has 1 unspecified atom stereocenters. The highest BCUT2D eigenvalue weighted by molar-refractivity contribution is 5.88. The van der Waals surface area contributed by atoms with Gasteiger partial charge in [0, 0.05) is 30.6 Å². The Morgan fingerprint density at radius 1 is 1.27 bits per heavy atom. The van der Waals surface area contributed by atoms with Crippen molar-refractivity contribution in [2.45, 2.75) is 79.1 Å². The second kappa shape index (κ2) is 13.8. The van der Waals surface area contributed by atoms with Crippen molar-refractivity contribution in [1.29, 1.82) is 0 Å². The molecule has 1 saturated heterocycles. The van der Waals surface area contributed by atoms with E-state index in [4.69, 9.17) is 0 Å².